The molecule has 10 nitrogen and oxygen atoms in total. The zero-order valence-electron chi connectivity index (χ0n) is 22.2. The minimum atomic E-state index is -1.11. The van der Waals surface area contributed by atoms with Gasteiger partial charge >= 0.3 is 18.2 Å². The second-order valence-electron chi connectivity index (χ2n) is 10.0. The number of likely N-dealkylation sites (N-methyl/N-ethyl adjacent to an activating group) is 2. The fraction of sp³-hybridized carbons (Fsp3) is 0.600. The Bertz CT molecular complexity index is 881. The van der Waals surface area contributed by atoms with E-state index in [1.807, 2.05) is 30.3 Å². The van der Waals surface area contributed by atoms with Crippen LogP contribution in [0.2, 0.25) is 0 Å². The number of carbonyl (C=O) groups is 4. The summed E-state index contributed by atoms with van der Waals surface area (Å²) in [6, 6.07) is 7.08. The molecule has 2 atom stereocenters. The van der Waals surface area contributed by atoms with Gasteiger partial charge in [0.15, 0.2) is 0 Å². The lowest BCUT2D eigenvalue weighted by Gasteiger charge is -2.40. The van der Waals surface area contributed by atoms with Crippen LogP contribution < -0.4 is 5.32 Å². The van der Waals surface area contributed by atoms with Crippen molar-refractivity contribution < 1.29 is 33.4 Å². The fourth-order valence-electron chi connectivity index (χ4n) is 3.29. The molecule has 10 heteroatoms. The summed E-state index contributed by atoms with van der Waals surface area (Å²) in [5.41, 5.74) is -0.969. The first-order valence-electron chi connectivity index (χ1n) is 11.4. The third-order valence-electron chi connectivity index (χ3n) is 5.32. The van der Waals surface area contributed by atoms with E-state index in [9.17, 15) is 19.2 Å². The summed E-state index contributed by atoms with van der Waals surface area (Å²) in [4.78, 5) is 53.2. The Balaban J connectivity index is 3.14. The Morgan fingerprint density at radius 1 is 0.943 bits per heavy atom. The molecule has 35 heavy (non-hydrogen) atoms. The Hall–Kier alpha value is -3.30. The van der Waals surface area contributed by atoms with E-state index in [0.29, 0.717) is 0 Å². The summed E-state index contributed by atoms with van der Waals surface area (Å²) in [7, 11) is 4.33. The molecule has 0 saturated heterocycles. The lowest BCUT2D eigenvalue weighted by molar-refractivity contribution is -0.163. The van der Waals surface area contributed by atoms with Gasteiger partial charge in [0.05, 0.1) is 0 Å². The molecule has 0 aromatic heterocycles. The standard InChI is InChI=1S/C25H39N3O7/c1-17(27(8)23(32)35-24(2,3)4)20(29)28(9)19(25(5,6)16-34-22(31)26-7)21(30)33-15-18-13-11-10-12-14-18/h10-14,17,19H,15-16H2,1-9H3,(H,26,31)/t17-,19-/m1/s1. The minimum Gasteiger partial charge on any atom is -0.459 e. The van der Waals surface area contributed by atoms with E-state index < -0.39 is 47.2 Å². The van der Waals surface area contributed by atoms with Crippen molar-refractivity contribution in [3.63, 3.8) is 0 Å². The number of rotatable bonds is 9. The lowest BCUT2D eigenvalue weighted by Crippen LogP contribution is -2.58. The van der Waals surface area contributed by atoms with Crippen LogP contribution in [-0.4, -0.2) is 79.3 Å². The molecular weight excluding hydrogens is 454 g/mol. The van der Waals surface area contributed by atoms with E-state index in [-0.39, 0.29) is 13.2 Å². The summed E-state index contributed by atoms with van der Waals surface area (Å²) < 4.78 is 16.1. The molecule has 3 amide bonds. The number of carbonyl (C=O) groups excluding carboxylic acids is 4. The van der Waals surface area contributed by atoms with Crippen LogP contribution in [0.15, 0.2) is 30.3 Å². The van der Waals surface area contributed by atoms with E-state index in [1.54, 1.807) is 41.5 Å². The third kappa shape index (κ3) is 9.11. The van der Waals surface area contributed by atoms with Crippen LogP contribution in [0.25, 0.3) is 0 Å². The number of amides is 3. The van der Waals surface area contributed by atoms with Crippen LogP contribution in [0, 0.1) is 5.41 Å². The Morgan fingerprint density at radius 3 is 2.03 bits per heavy atom. The topological polar surface area (TPSA) is 114 Å². The van der Waals surface area contributed by atoms with E-state index in [1.165, 1.54) is 30.9 Å². The van der Waals surface area contributed by atoms with Gasteiger partial charge in [0.25, 0.3) is 0 Å². The summed E-state index contributed by atoms with van der Waals surface area (Å²) in [6.45, 7) is 9.96. The number of benzene rings is 1. The molecule has 0 fully saturated rings. The molecule has 0 unspecified atom stereocenters. The molecule has 1 aromatic carbocycles. The van der Waals surface area contributed by atoms with E-state index in [0.717, 1.165) is 5.56 Å². The highest BCUT2D eigenvalue weighted by Gasteiger charge is 2.44. The van der Waals surface area contributed by atoms with Gasteiger partial charge in [-0.15, -0.1) is 0 Å². The maximum atomic E-state index is 13.4. The molecule has 1 rings (SSSR count). The third-order valence-corrected chi connectivity index (χ3v) is 5.32. The SMILES string of the molecule is CNC(=O)OCC(C)(C)[C@@H](C(=O)OCc1ccccc1)N(C)C(=O)[C@@H](C)N(C)C(=O)OC(C)(C)C. The molecule has 196 valence electrons. The number of ether oxygens (including phenoxy) is 3. The predicted octanol–water partition coefficient (Wildman–Crippen LogP) is 3.19. The Labute approximate surface area is 207 Å². The predicted molar refractivity (Wildman–Crippen MR) is 130 cm³/mol. The number of esters is 1. The van der Waals surface area contributed by atoms with Gasteiger partial charge in [-0.2, -0.15) is 0 Å². The van der Waals surface area contributed by atoms with Crippen molar-refractivity contribution in [2.45, 2.75) is 65.8 Å². The van der Waals surface area contributed by atoms with Crippen molar-refractivity contribution in [2.75, 3.05) is 27.7 Å². The first-order valence-corrected chi connectivity index (χ1v) is 11.4. The second kappa shape index (κ2) is 12.4. The van der Waals surface area contributed by atoms with Gasteiger partial charge in [-0.05, 0) is 33.3 Å². The van der Waals surface area contributed by atoms with Gasteiger partial charge in [-0.3, -0.25) is 9.69 Å². The van der Waals surface area contributed by atoms with Gasteiger partial charge in [-0.25, -0.2) is 14.4 Å². The van der Waals surface area contributed by atoms with Gasteiger partial charge in [0.2, 0.25) is 5.91 Å². The average Bonchev–Trinajstić information content (AvgIpc) is 2.79. The summed E-state index contributed by atoms with van der Waals surface area (Å²) in [5, 5.41) is 2.35. The van der Waals surface area contributed by atoms with E-state index in [2.05, 4.69) is 5.32 Å². The van der Waals surface area contributed by atoms with E-state index in [4.69, 9.17) is 14.2 Å². The number of alkyl carbamates (subject to hydrolysis) is 1. The molecule has 0 saturated carbocycles. The van der Waals surface area contributed by atoms with E-state index >= 15 is 0 Å². The van der Waals surface area contributed by atoms with Crippen LogP contribution >= 0.6 is 0 Å². The van der Waals surface area contributed by atoms with Gasteiger partial charge < -0.3 is 24.4 Å². The molecule has 0 aliphatic carbocycles. The molecule has 0 radical (unpaired) electrons. The minimum absolute atomic E-state index is 0.0119. The number of hydrogen-bond donors (Lipinski definition) is 1. The first kappa shape index (κ1) is 29.7. The molecule has 0 aliphatic rings. The first-order chi connectivity index (χ1) is 16.1. The van der Waals surface area contributed by atoms with Gasteiger partial charge in [0, 0.05) is 26.6 Å². The molecule has 0 bridgehead atoms. The molecule has 1 aromatic rings. The molecule has 0 aliphatic heterocycles. The van der Waals surface area contributed by atoms with Crippen molar-refractivity contribution in [1.82, 2.24) is 15.1 Å². The largest absolute Gasteiger partial charge is 0.459 e. The van der Waals surface area contributed by atoms with Crippen LogP contribution in [0.3, 0.4) is 0 Å². The highest BCUT2D eigenvalue weighted by molar-refractivity contribution is 5.89. The molecular formula is C25H39N3O7. The summed E-state index contributed by atoms with van der Waals surface area (Å²) in [6.07, 6.45) is -1.33. The van der Waals surface area contributed by atoms with Crippen molar-refractivity contribution in [3.8, 4) is 0 Å². The smallest absolute Gasteiger partial charge is 0.410 e. The zero-order valence-corrected chi connectivity index (χ0v) is 22.2. The monoisotopic (exact) mass is 493 g/mol. The number of hydrogen-bond acceptors (Lipinski definition) is 7. The Morgan fingerprint density at radius 2 is 1.51 bits per heavy atom. The van der Waals surface area contributed by atoms with Crippen molar-refractivity contribution in [1.29, 1.82) is 0 Å². The lowest BCUT2D eigenvalue weighted by atomic mass is 9.84. The van der Waals surface area contributed by atoms with Crippen LogP contribution in [0.4, 0.5) is 9.59 Å². The zero-order chi connectivity index (χ0) is 27.0. The highest BCUT2D eigenvalue weighted by atomic mass is 16.6. The normalized spacial score (nSPS) is 13.2. The van der Waals surface area contributed by atoms with Gasteiger partial charge in [-0.1, -0.05) is 44.2 Å². The average molecular weight is 494 g/mol. The summed E-state index contributed by atoms with van der Waals surface area (Å²) in [5.74, 6) is -1.17. The van der Waals surface area contributed by atoms with Crippen LogP contribution in [0.5, 0.6) is 0 Å². The fourth-order valence-corrected chi connectivity index (χ4v) is 3.29. The quantitative estimate of drug-likeness (QED) is 0.415. The van der Waals surface area contributed by atoms with Crippen molar-refractivity contribution >= 4 is 24.1 Å². The van der Waals surface area contributed by atoms with Crippen LogP contribution in [-0.2, 0) is 30.4 Å². The number of nitrogens with zero attached hydrogens (tertiary/aromatic N) is 2. The highest BCUT2D eigenvalue weighted by Crippen LogP contribution is 2.28. The van der Waals surface area contributed by atoms with Gasteiger partial charge in [0.1, 0.15) is 30.9 Å². The number of nitrogens with one attached hydrogen (secondary N) is 1. The van der Waals surface area contributed by atoms with Crippen LogP contribution in [0.1, 0.15) is 47.1 Å². The second-order valence-corrected chi connectivity index (χ2v) is 10.0. The van der Waals surface area contributed by atoms with Crippen molar-refractivity contribution in [3.05, 3.63) is 35.9 Å². The molecule has 0 heterocycles. The maximum Gasteiger partial charge on any atom is 0.410 e. The summed E-state index contributed by atoms with van der Waals surface area (Å²) >= 11 is 0. The molecule has 1 N–H and O–H groups in total. The maximum absolute atomic E-state index is 13.4. The van der Waals surface area contributed by atoms with Crippen molar-refractivity contribution in [2.24, 2.45) is 5.41 Å². The molecule has 0 spiro atoms. The Kier molecular flexibility index (Phi) is 10.5.